The molecule has 2 aromatic carbocycles. The van der Waals surface area contributed by atoms with Gasteiger partial charge in [-0.15, -0.1) is 0 Å². The van der Waals surface area contributed by atoms with E-state index in [9.17, 15) is 10.1 Å². The molecular weight excluding hydrogens is 318 g/mol. The Labute approximate surface area is 139 Å². The third-order valence-corrected chi connectivity index (χ3v) is 3.17. The molecule has 0 N–H and O–H groups in total. The fourth-order valence-electron chi connectivity index (χ4n) is 1.95. The maximum Gasteiger partial charge on any atom is 0.235 e. The zero-order valence-electron chi connectivity index (χ0n) is 12.6. The van der Waals surface area contributed by atoms with E-state index in [0.717, 1.165) is 11.8 Å². The van der Waals surface area contributed by atoms with Gasteiger partial charge in [-0.05, 0) is 42.3 Å². The summed E-state index contributed by atoms with van der Waals surface area (Å²) in [5, 5.41) is 11.0. The van der Waals surface area contributed by atoms with Crippen molar-refractivity contribution < 1.29 is 14.4 Å². The average molecular weight is 334 g/mol. The molecule has 0 spiro atoms. The van der Waals surface area contributed by atoms with Crippen molar-refractivity contribution in [3.8, 4) is 11.5 Å². The van der Waals surface area contributed by atoms with Gasteiger partial charge < -0.3 is 9.47 Å². The van der Waals surface area contributed by atoms with E-state index in [0.29, 0.717) is 35.3 Å². The number of ether oxygens (including phenoxy) is 2. The molecule has 0 radical (unpaired) electrons. The van der Waals surface area contributed by atoms with Crippen molar-refractivity contribution in [3.63, 3.8) is 0 Å². The minimum absolute atomic E-state index is 0.352. The fourth-order valence-corrected chi connectivity index (χ4v) is 2.16. The fraction of sp³-hybridized carbons (Fsp3) is 0.176. The average Bonchev–Trinajstić information content (AvgIpc) is 2.52. The first-order valence-corrected chi connectivity index (χ1v) is 7.42. The van der Waals surface area contributed by atoms with Gasteiger partial charge in [0.05, 0.1) is 11.5 Å². The molecular formula is C17H16ClNO4. The van der Waals surface area contributed by atoms with E-state index in [1.54, 1.807) is 24.3 Å². The number of hydrogen-bond donors (Lipinski definition) is 0. The molecule has 0 amide bonds. The normalized spacial score (nSPS) is 10.7. The number of nitro groups is 1. The van der Waals surface area contributed by atoms with Crippen molar-refractivity contribution in [2.24, 2.45) is 0 Å². The van der Waals surface area contributed by atoms with E-state index in [1.165, 1.54) is 6.08 Å². The van der Waals surface area contributed by atoms with Gasteiger partial charge in [0, 0.05) is 11.1 Å². The Kier molecular flexibility index (Phi) is 6.00. The predicted octanol–water partition coefficient (Wildman–Crippen LogP) is 4.57. The van der Waals surface area contributed by atoms with Crippen LogP contribution in [0.1, 0.15) is 18.1 Å². The summed E-state index contributed by atoms with van der Waals surface area (Å²) >= 11 is 5.95. The number of benzene rings is 2. The molecule has 2 rings (SSSR count). The zero-order valence-corrected chi connectivity index (χ0v) is 13.3. The highest BCUT2D eigenvalue weighted by molar-refractivity contribution is 6.30. The van der Waals surface area contributed by atoms with Crippen LogP contribution in [0.5, 0.6) is 11.5 Å². The second-order valence-electron chi connectivity index (χ2n) is 4.66. The summed E-state index contributed by atoms with van der Waals surface area (Å²) in [6, 6.07) is 12.6. The Bertz CT molecular complexity index is 715. The third kappa shape index (κ3) is 5.30. The van der Waals surface area contributed by atoms with Gasteiger partial charge >= 0.3 is 0 Å². The van der Waals surface area contributed by atoms with Gasteiger partial charge in [0.2, 0.25) is 6.20 Å². The van der Waals surface area contributed by atoms with E-state index >= 15 is 0 Å². The van der Waals surface area contributed by atoms with Gasteiger partial charge in [0.25, 0.3) is 0 Å². The minimum Gasteiger partial charge on any atom is -0.490 e. The van der Waals surface area contributed by atoms with E-state index in [2.05, 4.69) is 0 Å². The van der Waals surface area contributed by atoms with Crippen molar-refractivity contribution in [1.29, 1.82) is 0 Å². The summed E-state index contributed by atoms with van der Waals surface area (Å²) < 4.78 is 11.3. The monoisotopic (exact) mass is 333 g/mol. The van der Waals surface area contributed by atoms with Gasteiger partial charge in [-0.1, -0.05) is 29.8 Å². The van der Waals surface area contributed by atoms with E-state index < -0.39 is 4.92 Å². The lowest BCUT2D eigenvalue weighted by molar-refractivity contribution is -0.400. The quantitative estimate of drug-likeness (QED) is 0.550. The standard InChI is InChI=1S/C17H16ClNO4/c1-2-22-17-11-13(8-9-19(20)21)6-7-16(17)23-12-14-4-3-5-15(18)10-14/h3-11H,2,12H2,1H3. The molecule has 0 bridgehead atoms. The van der Waals surface area contributed by atoms with E-state index in [1.807, 2.05) is 25.1 Å². The third-order valence-electron chi connectivity index (χ3n) is 2.94. The minimum atomic E-state index is -0.510. The highest BCUT2D eigenvalue weighted by Crippen LogP contribution is 2.30. The maximum atomic E-state index is 10.4. The zero-order chi connectivity index (χ0) is 16.7. The second-order valence-corrected chi connectivity index (χ2v) is 5.10. The van der Waals surface area contributed by atoms with Gasteiger partial charge in [-0.3, -0.25) is 10.1 Å². The summed E-state index contributed by atoms with van der Waals surface area (Å²) in [5.74, 6) is 1.12. The van der Waals surface area contributed by atoms with Crippen LogP contribution in [0, 0.1) is 10.1 Å². The van der Waals surface area contributed by atoms with Crippen LogP contribution in [-0.4, -0.2) is 11.5 Å². The molecule has 0 fully saturated rings. The molecule has 0 aliphatic heterocycles. The Hall–Kier alpha value is -2.53. The topological polar surface area (TPSA) is 61.6 Å². The molecule has 0 heterocycles. The van der Waals surface area contributed by atoms with Crippen molar-refractivity contribution in [3.05, 3.63) is 74.9 Å². The second kappa shape index (κ2) is 8.19. The van der Waals surface area contributed by atoms with Crippen molar-refractivity contribution in [1.82, 2.24) is 0 Å². The molecule has 120 valence electrons. The lowest BCUT2D eigenvalue weighted by Gasteiger charge is -2.12. The summed E-state index contributed by atoms with van der Waals surface area (Å²) in [6.07, 6.45) is 2.29. The molecule has 23 heavy (non-hydrogen) atoms. The van der Waals surface area contributed by atoms with Gasteiger partial charge in [0.15, 0.2) is 11.5 Å². The molecule has 0 saturated carbocycles. The molecule has 6 heteroatoms. The number of rotatable bonds is 7. The first-order valence-electron chi connectivity index (χ1n) is 7.04. The molecule has 0 aromatic heterocycles. The number of halogens is 1. The molecule has 0 atom stereocenters. The summed E-state index contributed by atoms with van der Waals surface area (Å²) in [5.41, 5.74) is 1.61. The van der Waals surface area contributed by atoms with Crippen LogP contribution < -0.4 is 9.47 Å². The number of nitrogens with zero attached hydrogens (tertiary/aromatic N) is 1. The van der Waals surface area contributed by atoms with Crippen LogP contribution in [0.2, 0.25) is 5.02 Å². The first-order chi connectivity index (χ1) is 11.1. The van der Waals surface area contributed by atoms with Crippen molar-refractivity contribution in [2.45, 2.75) is 13.5 Å². The summed E-state index contributed by atoms with van der Waals surface area (Å²) in [7, 11) is 0. The Morgan fingerprint density at radius 3 is 2.70 bits per heavy atom. The molecule has 0 aliphatic rings. The van der Waals surface area contributed by atoms with Crippen LogP contribution in [0.15, 0.2) is 48.7 Å². The summed E-state index contributed by atoms with van der Waals surface area (Å²) in [4.78, 5) is 9.88. The van der Waals surface area contributed by atoms with Crippen LogP contribution in [-0.2, 0) is 6.61 Å². The Morgan fingerprint density at radius 1 is 1.17 bits per heavy atom. The smallest absolute Gasteiger partial charge is 0.235 e. The van der Waals surface area contributed by atoms with E-state index in [4.69, 9.17) is 21.1 Å². The highest BCUT2D eigenvalue weighted by atomic mass is 35.5. The van der Waals surface area contributed by atoms with Gasteiger partial charge in [-0.2, -0.15) is 0 Å². The SMILES string of the molecule is CCOc1cc(C=C[N+](=O)[O-])ccc1OCc1cccc(Cl)c1. The van der Waals surface area contributed by atoms with Gasteiger partial charge in [-0.25, -0.2) is 0 Å². The predicted molar refractivity (Wildman–Crippen MR) is 89.4 cm³/mol. The Morgan fingerprint density at radius 2 is 2.00 bits per heavy atom. The highest BCUT2D eigenvalue weighted by Gasteiger charge is 2.07. The largest absolute Gasteiger partial charge is 0.490 e. The van der Waals surface area contributed by atoms with Crippen LogP contribution in [0.4, 0.5) is 0 Å². The summed E-state index contributed by atoms with van der Waals surface area (Å²) in [6.45, 7) is 2.68. The van der Waals surface area contributed by atoms with Gasteiger partial charge in [0.1, 0.15) is 6.61 Å². The van der Waals surface area contributed by atoms with Crippen molar-refractivity contribution >= 4 is 17.7 Å². The molecule has 2 aromatic rings. The lowest BCUT2D eigenvalue weighted by Crippen LogP contribution is -2.00. The lowest BCUT2D eigenvalue weighted by atomic mass is 10.2. The van der Waals surface area contributed by atoms with Crippen molar-refractivity contribution in [2.75, 3.05) is 6.61 Å². The maximum absolute atomic E-state index is 10.4. The van der Waals surface area contributed by atoms with E-state index in [-0.39, 0.29) is 0 Å². The van der Waals surface area contributed by atoms with Crippen LogP contribution in [0.3, 0.4) is 0 Å². The van der Waals surface area contributed by atoms with Crippen LogP contribution >= 0.6 is 11.6 Å². The first kappa shape index (κ1) is 16.8. The number of hydrogen-bond acceptors (Lipinski definition) is 4. The molecule has 5 nitrogen and oxygen atoms in total. The molecule has 0 saturated heterocycles. The molecule has 0 unspecified atom stereocenters. The molecule has 0 aliphatic carbocycles. The Balaban J connectivity index is 2.15. The van der Waals surface area contributed by atoms with Crippen LogP contribution in [0.25, 0.3) is 6.08 Å².